The Morgan fingerprint density at radius 3 is 2.88 bits per heavy atom. The van der Waals surface area contributed by atoms with E-state index in [0.717, 1.165) is 17.8 Å². The molecule has 124 valence electrons. The molecule has 0 atom stereocenters. The summed E-state index contributed by atoms with van der Waals surface area (Å²) in [5.41, 5.74) is 2.82. The quantitative estimate of drug-likeness (QED) is 0.797. The van der Waals surface area contributed by atoms with E-state index in [2.05, 4.69) is 17.0 Å². The largest absolute Gasteiger partial charge is 0.454 e. The summed E-state index contributed by atoms with van der Waals surface area (Å²) in [7, 11) is 2.05. The lowest BCUT2D eigenvalue weighted by Gasteiger charge is -2.21. The lowest BCUT2D eigenvalue weighted by Crippen LogP contribution is -2.34. The number of carbonyl (C=O) groups is 1. The van der Waals surface area contributed by atoms with Crippen molar-refractivity contribution in [3.8, 4) is 11.5 Å². The van der Waals surface area contributed by atoms with Crippen LogP contribution >= 0.6 is 11.6 Å². The Bertz CT molecular complexity index is 809. The fraction of sp³-hybridized carbons (Fsp3) is 0.278. The van der Waals surface area contributed by atoms with Crippen LogP contribution in [0.1, 0.15) is 15.9 Å². The molecule has 0 aromatic heterocycles. The first kappa shape index (κ1) is 15.1. The van der Waals surface area contributed by atoms with Crippen LogP contribution in [0.15, 0.2) is 36.4 Å². The number of fused-ring (bicyclic) bond motifs is 2. The molecule has 0 fully saturated rings. The van der Waals surface area contributed by atoms with Gasteiger partial charge in [-0.2, -0.15) is 0 Å². The molecule has 2 aliphatic rings. The normalized spacial score (nSPS) is 15.9. The molecular formula is C18H17ClN2O3. The molecule has 0 aliphatic carbocycles. The van der Waals surface area contributed by atoms with Crippen LogP contribution in [0.5, 0.6) is 11.5 Å². The molecular weight excluding hydrogens is 328 g/mol. The van der Waals surface area contributed by atoms with Crippen molar-refractivity contribution in [2.75, 3.05) is 31.8 Å². The number of hydrogen-bond donors (Lipinski definition) is 0. The van der Waals surface area contributed by atoms with E-state index in [0.29, 0.717) is 35.2 Å². The number of benzene rings is 2. The van der Waals surface area contributed by atoms with Crippen molar-refractivity contribution >= 4 is 23.2 Å². The Morgan fingerprint density at radius 1 is 1.17 bits per heavy atom. The Hall–Kier alpha value is -2.40. The van der Waals surface area contributed by atoms with Crippen molar-refractivity contribution in [3.05, 3.63) is 52.5 Å². The van der Waals surface area contributed by atoms with Gasteiger partial charge in [0, 0.05) is 37.9 Å². The second kappa shape index (κ2) is 5.91. The van der Waals surface area contributed by atoms with Gasteiger partial charge in [-0.25, -0.2) is 0 Å². The first-order chi connectivity index (χ1) is 11.6. The molecule has 1 amide bonds. The van der Waals surface area contributed by atoms with Gasteiger partial charge >= 0.3 is 0 Å². The van der Waals surface area contributed by atoms with Crippen LogP contribution in [0.25, 0.3) is 0 Å². The average Bonchev–Trinajstić information content (AvgIpc) is 3.00. The van der Waals surface area contributed by atoms with Gasteiger partial charge in [-0.15, -0.1) is 0 Å². The number of carbonyl (C=O) groups excluding carboxylic acids is 1. The highest BCUT2D eigenvalue weighted by molar-refractivity contribution is 6.32. The number of halogens is 1. The Labute approximate surface area is 145 Å². The zero-order valence-corrected chi connectivity index (χ0v) is 14.0. The number of anilines is 1. The van der Waals surface area contributed by atoms with E-state index in [9.17, 15) is 4.79 Å². The monoisotopic (exact) mass is 344 g/mol. The lowest BCUT2D eigenvalue weighted by molar-refractivity contribution is 0.0751. The standard InChI is InChI=1S/C18H17ClN2O3/c1-20-6-7-21(10-12-4-2-3-5-15(12)20)18(22)13-8-14(19)17-16(9-13)23-11-24-17/h2-5,8-9H,6-7,10-11H2,1H3. The molecule has 0 saturated heterocycles. The summed E-state index contributed by atoms with van der Waals surface area (Å²) in [6, 6.07) is 11.5. The lowest BCUT2D eigenvalue weighted by atomic mass is 10.1. The maximum atomic E-state index is 13.0. The highest BCUT2D eigenvalue weighted by Crippen LogP contribution is 2.40. The van der Waals surface area contributed by atoms with E-state index in [4.69, 9.17) is 21.1 Å². The fourth-order valence-electron chi connectivity index (χ4n) is 3.14. The number of ether oxygens (including phenoxy) is 2. The maximum absolute atomic E-state index is 13.0. The van der Waals surface area contributed by atoms with E-state index in [1.807, 2.05) is 24.1 Å². The van der Waals surface area contributed by atoms with Gasteiger partial charge in [-0.3, -0.25) is 4.79 Å². The van der Waals surface area contributed by atoms with Gasteiger partial charge in [0.25, 0.3) is 5.91 Å². The second-order valence-corrected chi connectivity index (χ2v) is 6.38. The smallest absolute Gasteiger partial charge is 0.254 e. The minimum absolute atomic E-state index is 0.0553. The molecule has 5 nitrogen and oxygen atoms in total. The van der Waals surface area contributed by atoms with Gasteiger partial charge in [0.2, 0.25) is 6.79 Å². The first-order valence-electron chi connectivity index (χ1n) is 7.81. The third kappa shape index (κ3) is 2.55. The zero-order chi connectivity index (χ0) is 16.7. The van der Waals surface area contributed by atoms with E-state index in [1.165, 1.54) is 0 Å². The predicted octanol–water partition coefficient (Wildman–Crippen LogP) is 3.16. The van der Waals surface area contributed by atoms with Gasteiger partial charge in [-0.05, 0) is 23.8 Å². The van der Waals surface area contributed by atoms with Crippen molar-refractivity contribution in [2.24, 2.45) is 0 Å². The van der Waals surface area contributed by atoms with E-state index in [1.54, 1.807) is 12.1 Å². The SMILES string of the molecule is CN1CCN(C(=O)c2cc(Cl)c3c(c2)OCO3)Cc2ccccc21. The number of likely N-dealkylation sites (N-methyl/N-ethyl adjacent to an activating group) is 1. The number of para-hydroxylation sites is 1. The van der Waals surface area contributed by atoms with Crippen LogP contribution in [-0.2, 0) is 6.54 Å². The van der Waals surface area contributed by atoms with Crippen molar-refractivity contribution in [2.45, 2.75) is 6.54 Å². The predicted molar refractivity (Wildman–Crippen MR) is 92.0 cm³/mol. The molecule has 0 saturated carbocycles. The molecule has 24 heavy (non-hydrogen) atoms. The first-order valence-corrected chi connectivity index (χ1v) is 8.19. The molecule has 6 heteroatoms. The summed E-state index contributed by atoms with van der Waals surface area (Å²) < 4.78 is 10.7. The molecule has 2 aromatic rings. The number of amides is 1. The maximum Gasteiger partial charge on any atom is 0.254 e. The van der Waals surface area contributed by atoms with Crippen LogP contribution < -0.4 is 14.4 Å². The molecule has 0 spiro atoms. The van der Waals surface area contributed by atoms with Gasteiger partial charge in [0.15, 0.2) is 11.5 Å². The Kier molecular flexibility index (Phi) is 3.73. The van der Waals surface area contributed by atoms with Crippen LogP contribution in [0.3, 0.4) is 0 Å². The summed E-state index contributed by atoms with van der Waals surface area (Å²) in [5, 5.41) is 0.403. The van der Waals surface area contributed by atoms with Crippen LogP contribution in [-0.4, -0.2) is 37.7 Å². The van der Waals surface area contributed by atoms with Crippen LogP contribution in [0.2, 0.25) is 5.02 Å². The van der Waals surface area contributed by atoms with E-state index < -0.39 is 0 Å². The highest BCUT2D eigenvalue weighted by Gasteiger charge is 2.25. The molecule has 0 bridgehead atoms. The highest BCUT2D eigenvalue weighted by atomic mass is 35.5. The average molecular weight is 345 g/mol. The molecule has 0 N–H and O–H groups in total. The molecule has 2 aliphatic heterocycles. The van der Waals surface area contributed by atoms with Crippen molar-refractivity contribution in [1.29, 1.82) is 0 Å². The Morgan fingerprint density at radius 2 is 2.00 bits per heavy atom. The van der Waals surface area contributed by atoms with Crippen molar-refractivity contribution in [3.63, 3.8) is 0 Å². The minimum Gasteiger partial charge on any atom is -0.454 e. The third-order valence-electron chi connectivity index (χ3n) is 4.43. The number of rotatable bonds is 1. The summed E-state index contributed by atoms with van der Waals surface area (Å²) in [5.74, 6) is 0.979. The third-order valence-corrected chi connectivity index (χ3v) is 4.71. The van der Waals surface area contributed by atoms with Crippen molar-refractivity contribution in [1.82, 2.24) is 4.90 Å². The molecule has 2 aromatic carbocycles. The summed E-state index contributed by atoms with van der Waals surface area (Å²) >= 11 is 6.21. The van der Waals surface area contributed by atoms with E-state index >= 15 is 0 Å². The minimum atomic E-state index is -0.0553. The van der Waals surface area contributed by atoms with E-state index in [-0.39, 0.29) is 12.7 Å². The summed E-state index contributed by atoms with van der Waals surface area (Å²) in [6.45, 7) is 2.14. The number of nitrogens with zero attached hydrogens (tertiary/aromatic N) is 2. The fourth-order valence-corrected chi connectivity index (χ4v) is 3.40. The van der Waals surface area contributed by atoms with Gasteiger partial charge in [0.1, 0.15) is 0 Å². The summed E-state index contributed by atoms with van der Waals surface area (Å²) in [6.07, 6.45) is 0. The second-order valence-electron chi connectivity index (χ2n) is 5.97. The molecule has 0 radical (unpaired) electrons. The Balaban J connectivity index is 1.65. The van der Waals surface area contributed by atoms with Crippen LogP contribution in [0.4, 0.5) is 5.69 Å². The van der Waals surface area contributed by atoms with Crippen molar-refractivity contribution < 1.29 is 14.3 Å². The molecule has 4 rings (SSSR count). The van der Waals surface area contributed by atoms with Gasteiger partial charge < -0.3 is 19.3 Å². The molecule has 0 unspecified atom stereocenters. The zero-order valence-electron chi connectivity index (χ0n) is 13.3. The van der Waals surface area contributed by atoms with Gasteiger partial charge in [-0.1, -0.05) is 29.8 Å². The number of hydrogen-bond acceptors (Lipinski definition) is 4. The molecule has 2 heterocycles. The topological polar surface area (TPSA) is 42.0 Å². The van der Waals surface area contributed by atoms with Crippen LogP contribution in [0, 0.1) is 0 Å². The van der Waals surface area contributed by atoms with Gasteiger partial charge in [0.05, 0.1) is 5.02 Å². The summed E-state index contributed by atoms with van der Waals surface area (Å²) in [4.78, 5) is 17.0.